The number of carbonyl (C=O) groups excluding carboxylic acids is 1. The van der Waals surface area contributed by atoms with Crippen molar-refractivity contribution in [2.24, 2.45) is 0 Å². The van der Waals surface area contributed by atoms with Gasteiger partial charge in [-0.25, -0.2) is 13.4 Å². The molecule has 0 radical (unpaired) electrons. The van der Waals surface area contributed by atoms with Gasteiger partial charge in [-0.3, -0.25) is 9.69 Å². The molecule has 0 N–H and O–H groups in total. The molecule has 1 aromatic heterocycles. The van der Waals surface area contributed by atoms with Gasteiger partial charge >= 0.3 is 0 Å². The van der Waals surface area contributed by atoms with Gasteiger partial charge in [-0.05, 0) is 42.3 Å². The molecule has 2 aromatic carbocycles. The van der Waals surface area contributed by atoms with Crippen molar-refractivity contribution in [2.45, 2.75) is 17.9 Å². The molecule has 1 amide bonds. The quantitative estimate of drug-likeness (QED) is 0.638. The van der Waals surface area contributed by atoms with Crippen molar-refractivity contribution in [1.82, 2.24) is 14.8 Å². The molecular weight excluding hydrogens is 406 g/mol. The number of hydrogen-bond donors (Lipinski definition) is 0. The topological polar surface area (TPSA) is 70.6 Å². The molecule has 0 aliphatic carbocycles. The number of aromatic nitrogens is 1. The predicted molar refractivity (Wildman–Crippen MR) is 115 cm³/mol. The smallest absolute Gasteiger partial charge is 0.253 e. The van der Waals surface area contributed by atoms with Crippen LogP contribution in [0.4, 0.5) is 0 Å². The Balaban J connectivity index is 1.39. The normalized spacial score (nSPS) is 16.1. The Bertz CT molecular complexity index is 1120. The first-order chi connectivity index (χ1) is 13.9. The minimum Gasteiger partial charge on any atom is -0.337 e. The number of thiazole rings is 1. The predicted octanol–water partition coefficient (Wildman–Crippen LogP) is 3.05. The summed E-state index contributed by atoms with van der Waals surface area (Å²) in [5.74, 6) is 0.0691. The highest BCUT2D eigenvalue weighted by Crippen LogP contribution is 2.21. The van der Waals surface area contributed by atoms with E-state index in [0.29, 0.717) is 17.0 Å². The van der Waals surface area contributed by atoms with E-state index in [9.17, 15) is 13.2 Å². The molecule has 1 aliphatic rings. The summed E-state index contributed by atoms with van der Waals surface area (Å²) in [5, 5.41) is 0. The number of benzene rings is 2. The second-order valence-electron chi connectivity index (χ2n) is 7.37. The molecule has 1 aliphatic heterocycles. The molecule has 1 fully saturated rings. The summed E-state index contributed by atoms with van der Waals surface area (Å²) in [7, 11) is -3.17. The minimum atomic E-state index is -3.17. The fourth-order valence-electron chi connectivity index (χ4n) is 3.60. The molecule has 0 bridgehead atoms. The van der Waals surface area contributed by atoms with Crippen LogP contribution in [-0.2, 0) is 16.4 Å². The third kappa shape index (κ3) is 4.66. The van der Waals surface area contributed by atoms with Crippen LogP contribution in [0.25, 0.3) is 10.2 Å². The van der Waals surface area contributed by atoms with Crippen molar-refractivity contribution >= 4 is 37.3 Å². The Morgan fingerprint density at radius 3 is 2.62 bits per heavy atom. The summed E-state index contributed by atoms with van der Waals surface area (Å²) in [4.78, 5) is 21.8. The molecule has 1 saturated heterocycles. The zero-order chi connectivity index (χ0) is 20.4. The van der Waals surface area contributed by atoms with Crippen LogP contribution in [0.1, 0.15) is 22.3 Å². The molecule has 8 heteroatoms. The van der Waals surface area contributed by atoms with Crippen LogP contribution in [-0.4, -0.2) is 61.5 Å². The number of nitrogens with zero attached hydrogens (tertiary/aromatic N) is 3. The molecule has 3 aromatic rings. The first-order valence-corrected chi connectivity index (χ1v) is 12.3. The lowest BCUT2D eigenvalue weighted by molar-refractivity contribution is 0.0761. The molecule has 0 saturated carbocycles. The van der Waals surface area contributed by atoms with Crippen LogP contribution in [0.3, 0.4) is 0 Å². The van der Waals surface area contributed by atoms with Crippen LogP contribution >= 0.6 is 11.3 Å². The van der Waals surface area contributed by atoms with E-state index >= 15 is 0 Å². The van der Waals surface area contributed by atoms with Crippen LogP contribution in [0.15, 0.2) is 52.9 Å². The number of carbonyl (C=O) groups is 1. The fourth-order valence-corrected chi connectivity index (χ4v) is 4.95. The Hall–Kier alpha value is -2.29. The molecule has 29 heavy (non-hydrogen) atoms. The van der Waals surface area contributed by atoms with Crippen LogP contribution < -0.4 is 0 Å². The molecule has 2 heterocycles. The van der Waals surface area contributed by atoms with Gasteiger partial charge in [-0.2, -0.15) is 0 Å². The van der Waals surface area contributed by atoms with Gasteiger partial charge < -0.3 is 4.90 Å². The number of rotatable bonds is 4. The van der Waals surface area contributed by atoms with E-state index in [1.807, 2.05) is 35.2 Å². The summed E-state index contributed by atoms with van der Waals surface area (Å²) >= 11 is 1.55. The highest BCUT2D eigenvalue weighted by molar-refractivity contribution is 7.90. The first-order valence-electron chi connectivity index (χ1n) is 9.54. The summed E-state index contributed by atoms with van der Waals surface area (Å²) in [6.07, 6.45) is 2.13. The van der Waals surface area contributed by atoms with Crippen LogP contribution in [0, 0.1) is 0 Å². The lowest BCUT2D eigenvalue weighted by Crippen LogP contribution is -2.35. The van der Waals surface area contributed by atoms with E-state index < -0.39 is 9.84 Å². The van der Waals surface area contributed by atoms with E-state index in [0.717, 1.165) is 48.4 Å². The largest absolute Gasteiger partial charge is 0.337 e. The van der Waals surface area contributed by atoms with Gasteiger partial charge in [-0.15, -0.1) is 11.3 Å². The van der Waals surface area contributed by atoms with Crippen molar-refractivity contribution < 1.29 is 13.2 Å². The molecule has 0 atom stereocenters. The lowest BCUT2D eigenvalue weighted by Gasteiger charge is -2.22. The number of sulfone groups is 1. The zero-order valence-electron chi connectivity index (χ0n) is 16.2. The van der Waals surface area contributed by atoms with Crippen molar-refractivity contribution in [2.75, 3.05) is 32.4 Å². The first kappa shape index (κ1) is 20.0. The lowest BCUT2D eigenvalue weighted by atomic mass is 10.2. The Labute approximate surface area is 174 Å². The highest BCUT2D eigenvalue weighted by Gasteiger charge is 2.21. The maximum Gasteiger partial charge on any atom is 0.253 e. The Kier molecular flexibility index (Phi) is 5.67. The number of hydrogen-bond acceptors (Lipinski definition) is 6. The maximum atomic E-state index is 12.9. The summed E-state index contributed by atoms with van der Waals surface area (Å²) < 4.78 is 24.2. The molecule has 0 spiro atoms. The minimum absolute atomic E-state index is 0.0691. The van der Waals surface area contributed by atoms with Gasteiger partial charge in [0, 0.05) is 44.5 Å². The third-order valence-electron chi connectivity index (χ3n) is 5.21. The maximum absolute atomic E-state index is 12.9. The van der Waals surface area contributed by atoms with E-state index in [1.165, 1.54) is 6.26 Å². The molecule has 6 nitrogen and oxygen atoms in total. The van der Waals surface area contributed by atoms with Crippen molar-refractivity contribution in [3.8, 4) is 0 Å². The number of fused-ring (bicyclic) bond motifs is 1. The molecule has 152 valence electrons. The number of amides is 1. The fraction of sp³-hybridized carbons (Fsp3) is 0.333. The third-order valence-corrected chi connectivity index (χ3v) is 7.13. The van der Waals surface area contributed by atoms with E-state index in [1.54, 1.807) is 29.0 Å². The van der Waals surface area contributed by atoms with E-state index in [4.69, 9.17) is 0 Å². The van der Waals surface area contributed by atoms with Crippen LogP contribution in [0.5, 0.6) is 0 Å². The molecule has 4 rings (SSSR count). The standard InChI is InChI=1S/C21H23N3O3S2/c1-29(26,27)18-6-3-16(4-7-18)14-23-9-2-10-24(12-11-23)21(25)17-5-8-19-20(13-17)28-15-22-19/h3-8,13,15H,2,9-12,14H2,1H3. The van der Waals surface area contributed by atoms with Gasteiger partial charge in [0.15, 0.2) is 9.84 Å². The zero-order valence-corrected chi connectivity index (χ0v) is 17.9. The summed E-state index contributed by atoms with van der Waals surface area (Å²) in [5.41, 5.74) is 4.51. The van der Waals surface area contributed by atoms with Gasteiger partial charge in [0.25, 0.3) is 5.91 Å². The highest BCUT2D eigenvalue weighted by atomic mass is 32.2. The second kappa shape index (κ2) is 8.22. The Morgan fingerprint density at radius 2 is 1.86 bits per heavy atom. The van der Waals surface area contributed by atoms with Gasteiger partial charge in [0.2, 0.25) is 0 Å². The average molecular weight is 430 g/mol. The van der Waals surface area contributed by atoms with E-state index in [-0.39, 0.29) is 5.91 Å². The van der Waals surface area contributed by atoms with Gasteiger partial charge in [-0.1, -0.05) is 12.1 Å². The second-order valence-corrected chi connectivity index (χ2v) is 10.3. The monoisotopic (exact) mass is 429 g/mol. The van der Waals surface area contributed by atoms with Gasteiger partial charge in [0.1, 0.15) is 0 Å². The van der Waals surface area contributed by atoms with Crippen molar-refractivity contribution in [3.05, 3.63) is 59.1 Å². The van der Waals surface area contributed by atoms with E-state index in [2.05, 4.69) is 9.88 Å². The van der Waals surface area contributed by atoms with Crippen molar-refractivity contribution in [3.63, 3.8) is 0 Å². The molecular formula is C21H23N3O3S2. The SMILES string of the molecule is CS(=O)(=O)c1ccc(CN2CCCN(C(=O)c3ccc4ncsc4c3)CC2)cc1. The summed E-state index contributed by atoms with van der Waals surface area (Å²) in [6, 6.07) is 12.8. The van der Waals surface area contributed by atoms with Crippen molar-refractivity contribution in [1.29, 1.82) is 0 Å². The summed E-state index contributed by atoms with van der Waals surface area (Å²) in [6.45, 7) is 3.87. The van der Waals surface area contributed by atoms with Crippen LogP contribution in [0.2, 0.25) is 0 Å². The Morgan fingerprint density at radius 1 is 1.07 bits per heavy atom. The van der Waals surface area contributed by atoms with Gasteiger partial charge in [0.05, 0.1) is 20.6 Å². The average Bonchev–Trinajstić information content (AvgIpc) is 3.05. The molecule has 0 unspecified atom stereocenters.